The lowest BCUT2D eigenvalue weighted by molar-refractivity contribution is -0.137. The van der Waals surface area contributed by atoms with Crippen molar-refractivity contribution in [2.45, 2.75) is 51.0 Å². The molecule has 0 aromatic carbocycles. The van der Waals surface area contributed by atoms with Gasteiger partial charge in [-0.25, -0.2) is 0 Å². The van der Waals surface area contributed by atoms with Crippen LogP contribution in [0.1, 0.15) is 51.0 Å². The summed E-state index contributed by atoms with van der Waals surface area (Å²) in [4.78, 5) is 14.5. The van der Waals surface area contributed by atoms with Gasteiger partial charge in [0.1, 0.15) is 0 Å². The molecular formula is C15H23N3O. The van der Waals surface area contributed by atoms with Gasteiger partial charge in [0.05, 0.1) is 6.04 Å². The zero-order valence-corrected chi connectivity index (χ0v) is 11.5. The maximum absolute atomic E-state index is 12.4. The van der Waals surface area contributed by atoms with Gasteiger partial charge in [-0.05, 0) is 31.7 Å². The zero-order chi connectivity index (χ0) is 13.1. The number of hydrogen-bond donors (Lipinski definition) is 0. The number of likely N-dealkylation sites (tertiary alicyclic amines) is 1. The Morgan fingerprint density at radius 3 is 2.42 bits per heavy atom. The summed E-state index contributed by atoms with van der Waals surface area (Å²) in [6, 6.07) is 2.45. The summed E-state index contributed by atoms with van der Waals surface area (Å²) in [5.74, 6) is 0.730. The Bertz CT molecular complexity index is 401. The molecule has 0 atom stereocenters. The van der Waals surface area contributed by atoms with Crippen LogP contribution >= 0.6 is 0 Å². The predicted molar refractivity (Wildman–Crippen MR) is 73.7 cm³/mol. The second-order valence-corrected chi connectivity index (χ2v) is 5.88. The average Bonchev–Trinajstić information content (AvgIpc) is 3.02. The van der Waals surface area contributed by atoms with Crippen LogP contribution in [-0.4, -0.2) is 33.7 Å². The van der Waals surface area contributed by atoms with E-state index in [4.69, 9.17) is 0 Å². The van der Waals surface area contributed by atoms with Crippen LogP contribution in [0.5, 0.6) is 0 Å². The van der Waals surface area contributed by atoms with Crippen LogP contribution in [-0.2, 0) is 4.79 Å². The fraction of sp³-hybridized carbons (Fsp3) is 0.733. The summed E-state index contributed by atoms with van der Waals surface area (Å²) in [6.45, 7) is 1.81. The molecule has 0 bridgehead atoms. The zero-order valence-electron chi connectivity index (χ0n) is 11.5. The molecule has 0 unspecified atom stereocenters. The first-order valence-electron chi connectivity index (χ1n) is 7.62. The third kappa shape index (κ3) is 2.82. The van der Waals surface area contributed by atoms with Gasteiger partial charge in [-0.1, -0.05) is 19.3 Å². The first-order chi connectivity index (χ1) is 9.34. The van der Waals surface area contributed by atoms with E-state index in [0.717, 1.165) is 38.8 Å². The first-order valence-corrected chi connectivity index (χ1v) is 7.62. The summed E-state index contributed by atoms with van der Waals surface area (Å²) in [7, 11) is 0. The molecule has 104 valence electrons. The molecule has 2 fully saturated rings. The van der Waals surface area contributed by atoms with Crippen LogP contribution in [0.15, 0.2) is 18.5 Å². The molecule has 0 spiro atoms. The largest absolute Gasteiger partial charge is 0.342 e. The molecule has 0 radical (unpaired) electrons. The predicted octanol–water partition coefficient (Wildman–Crippen LogP) is 2.63. The summed E-state index contributed by atoms with van der Waals surface area (Å²) in [6.07, 6.45) is 11.9. The minimum atomic E-state index is 0.315. The molecular weight excluding hydrogens is 238 g/mol. The Kier molecular flexibility index (Phi) is 3.85. The van der Waals surface area contributed by atoms with Crippen LogP contribution in [0.4, 0.5) is 0 Å². The van der Waals surface area contributed by atoms with Gasteiger partial charge in [0.2, 0.25) is 5.91 Å². The number of hydrogen-bond acceptors (Lipinski definition) is 2. The van der Waals surface area contributed by atoms with E-state index in [-0.39, 0.29) is 0 Å². The highest BCUT2D eigenvalue weighted by atomic mass is 16.2. The summed E-state index contributed by atoms with van der Waals surface area (Å²) < 4.78 is 2.04. The second-order valence-electron chi connectivity index (χ2n) is 5.88. The lowest BCUT2D eigenvalue weighted by Crippen LogP contribution is -2.42. The molecule has 2 heterocycles. The molecule has 2 aliphatic rings. The monoisotopic (exact) mass is 261 g/mol. The van der Waals surface area contributed by atoms with Gasteiger partial charge in [0.25, 0.3) is 0 Å². The molecule has 1 aromatic rings. The Labute approximate surface area is 114 Å². The van der Waals surface area contributed by atoms with E-state index in [0.29, 0.717) is 17.9 Å². The average molecular weight is 261 g/mol. The van der Waals surface area contributed by atoms with E-state index < -0.39 is 0 Å². The molecule has 19 heavy (non-hydrogen) atoms. The molecule has 1 saturated carbocycles. The summed E-state index contributed by atoms with van der Waals surface area (Å²) >= 11 is 0. The highest BCUT2D eigenvalue weighted by Crippen LogP contribution is 2.28. The molecule has 1 aromatic heterocycles. The molecule has 4 nitrogen and oxygen atoms in total. The first kappa shape index (κ1) is 12.7. The van der Waals surface area contributed by atoms with Gasteiger partial charge in [-0.2, -0.15) is 5.10 Å². The Morgan fingerprint density at radius 1 is 1.05 bits per heavy atom. The SMILES string of the molecule is O=C(C1CCCCC1)N1CCC(n2cccn2)CC1. The quantitative estimate of drug-likeness (QED) is 0.821. The van der Waals surface area contributed by atoms with Gasteiger partial charge in [0, 0.05) is 31.4 Å². The molecule has 1 aliphatic heterocycles. The van der Waals surface area contributed by atoms with E-state index in [2.05, 4.69) is 10.00 Å². The van der Waals surface area contributed by atoms with Gasteiger partial charge in [0.15, 0.2) is 0 Å². The van der Waals surface area contributed by atoms with Crippen molar-refractivity contribution in [2.24, 2.45) is 5.92 Å². The number of carbonyl (C=O) groups is 1. The number of aromatic nitrogens is 2. The van der Waals surface area contributed by atoms with E-state index >= 15 is 0 Å². The summed E-state index contributed by atoms with van der Waals surface area (Å²) in [5.41, 5.74) is 0. The highest BCUT2D eigenvalue weighted by Gasteiger charge is 2.29. The summed E-state index contributed by atoms with van der Waals surface area (Å²) in [5, 5.41) is 4.31. The maximum atomic E-state index is 12.4. The van der Waals surface area contributed by atoms with Gasteiger partial charge in [-0.3, -0.25) is 9.48 Å². The van der Waals surface area contributed by atoms with Crippen molar-refractivity contribution in [1.29, 1.82) is 0 Å². The van der Waals surface area contributed by atoms with E-state index in [1.165, 1.54) is 19.3 Å². The number of carbonyl (C=O) groups excluding carboxylic acids is 1. The van der Waals surface area contributed by atoms with Crippen molar-refractivity contribution in [2.75, 3.05) is 13.1 Å². The van der Waals surface area contributed by atoms with Gasteiger partial charge >= 0.3 is 0 Å². The number of rotatable bonds is 2. The van der Waals surface area contributed by atoms with Crippen molar-refractivity contribution < 1.29 is 4.79 Å². The van der Waals surface area contributed by atoms with Crippen molar-refractivity contribution in [3.63, 3.8) is 0 Å². The third-order valence-corrected chi connectivity index (χ3v) is 4.63. The number of nitrogens with zero attached hydrogens (tertiary/aromatic N) is 3. The maximum Gasteiger partial charge on any atom is 0.225 e. The standard InChI is InChI=1S/C15H23N3O/c19-15(13-5-2-1-3-6-13)17-11-7-14(8-12-17)18-10-4-9-16-18/h4,9-10,13-14H,1-3,5-8,11-12H2. The van der Waals surface area contributed by atoms with Crippen LogP contribution in [0.2, 0.25) is 0 Å². The van der Waals surface area contributed by atoms with Crippen molar-refractivity contribution >= 4 is 5.91 Å². The number of piperidine rings is 1. The van der Waals surface area contributed by atoms with Crippen molar-refractivity contribution in [3.8, 4) is 0 Å². The molecule has 1 saturated heterocycles. The van der Waals surface area contributed by atoms with Gasteiger partial charge in [-0.15, -0.1) is 0 Å². The Hall–Kier alpha value is -1.32. The van der Waals surface area contributed by atoms with Crippen LogP contribution < -0.4 is 0 Å². The lowest BCUT2D eigenvalue weighted by Gasteiger charge is -2.35. The fourth-order valence-electron chi connectivity index (χ4n) is 3.46. The highest BCUT2D eigenvalue weighted by molar-refractivity contribution is 5.79. The van der Waals surface area contributed by atoms with Crippen molar-refractivity contribution in [3.05, 3.63) is 18.5 Å². The van der Waals surface area contributed by atoms with Crippen LogP contribution in [0, 0.1) is 5.92 Å². The third-order valence-electron chi connectivity index (χ3n) is 4.63. The molecule has 4 heteroatoms. The Balaban J connectivity index is 1.53. The van der Waals surface area contributed by atoms with E-state index in [9.17, 15) is 4.79 Å². The lowest BCUT2D eigenvalue weighted by atomic mass is 9.87. The smallest absolute Gasteiger partial charge is 0.225 e. The van der Waals surface area contributed by atoms with Crippen LogP contribution in [0.25, 0.3) is 0 Å². The molecule has 1 aliphatic carbocycles. The normalized spacial score (nSPS) is 22.6. The van der Waals surface area contributed by atoms with Crippen molar-refractivity contribution in [1.82, 2.24) is 14.7 Å². The fourth-order valence-corrected chi connectivity index (χ4v) is 3.46. The minimum Gasteiger partial charge on any atom is -0.342 e. The Morgan fingerprint density at radius 2 is 1.79 bits per heavy atom. The second kappa shape index (κ2) is 5.76. The van der Waals surface area contributed by atoms with Gasteiger partial charge < -0.3 is 4.90 Å². The van der Waals surface area contributed by atoms with Crippen LogP contribution in [0.3, 0.4) is 0 Å². The topological polar surface area (TPSA) is 38.1 Å². The molecule has 1 amide bonds. The molecule has 3 rings (SSSR count). The molecule has 0 N–H and O–H groups in total. The van der Waals surface area contributed by atoms with E-state index in [1.54, 1.807) is 0 Å². The number of amides is 1. The van der Waals surface area contributed by atoms with E-state index in [1.807, 2.05) is 23.1 Å². The minimum absolute atomic E-state index is 0.315.